The normalized spacial score (nSPS) is 13.1. The number of aryl methyl sites for hydroxylation is 1. The summed E-state index contributed by atoms with van der Waals surface area (Å²) in [6.07, 6.45) is 1.93. The molecule has 0 radical (unpaired) electrons. The first-order valence-electron chi connectivity index (χ1n) is 7.51. The fraction of sp³-hybridized carbons (Fsp3) is 0.176. The SMILES string of the molecule is O=C(NC(=S)N1CCCc2ccccc21)c1cccc([N+](=O)[O-])c1. The highest BCUT2D eigenvalue weighted by Gasteiger charge is 2.21. The Morgan fingerprint density at radius 1 is 1.21 bits per heavy atom. The zero-order valence-electron chi connectivity index (χ0n) is 12.8. The molecule has 0 bridgehead atoms. The van der Waals surface area contributed by atoms with Crippen LogP contribution in [0.2, 0.25) is 0 Å². The highest BCUT2D eigenvalue weighted by molar-refractivity contribution is 7.80. The molecule has 0 unspecified atom stereocenters. The minimum atomic E-state index is -0.532. The molecule has 0 saturated heterocycles. The van der Waals surface area contributed by atoms with Crippen LogP contribution < -0.4 is 10.2 Å². The molecule has 0 aromatic heterocycles. The van der Waals surface area contributed by atoms with Gasteiger partial charge in [0.15, 0.2) is 5.11 Å². The van der Waals surface area contributed by atoms with E-state index in [4.69, 9.17) is 12.2 Å². The zero-order valence-corrected chi connectivity index (χ0v) is 13.6. The van der Waals surface area contributed by atoms with Gasteiger partial charge in [-0.15, -0.1) is 0 Å². The van der Waals surface area contributed by atoms with E-state index in [0.717, 1.165) is 25.1 Å². The molecular weight excluding hydrogens is 326 g/mol. The lowest BCUT2D eigenvalue weighted by atomic mass is 10.0. The van der Waals surface area contributed by atoms with Crippen molar-refractivity contribution in [3.63, 3.8) is 0 Å². The number of carbonyl (C=O) groups is 1. The molecule has 0 fully saturated rings. The molecule has 0 spiro atoms. The number of nitrogens with one attached hydrogen (secondary N) is 1. The van der Waals surface area contributed by atoms with Gasteiger partial charge in [0.25, 0.3) is 11.6 Å². The molecule has 2 aromatic carbocycles. The maximum absolute atomic E-state index is 12.3. The van der Waals surface area contributed by atoms with Crippen LogP contribution in [0.1, 0.15) is 22.3 Å². The summed E-state index contributed by atoms with van der Waals surface area (Å²) >= 11 is 5.37. The number of nitro groups is 1. The molecule has 1 aliphatic heterocycles. The third-order valence-electron chi connectivity index (χ3n) is 3.90. The lowest BCUT2D eigenvalue weighted by Crippen LogP contribution is -2.45. The smallest absolute Gasteiger partial charge is 0.270 e. The standard InChI is InChI=1S/C17H15N3O3S/c21-16(13-6-3-8-14(11-13)20(22)23)18-17(24)19-10-4-7-12-5-1-2-9-15(12)19/h1-3,5-6,8-9,11H,4,7,10H2,(H,18,21,24). The molecular formula is C17H15N3O3S. The number of para-hydroxylation sites is 1. The Morgan fingerprint density at radius 2 is 2.00 bits per heavy atom. The van der Waals surface area contributed by atoms with Crippen LogP contribution >= 0.6 is 12.2 Å². The molecule has 7 heteroatoms. The first-order chi connectivity index (χ1) is 11.6. The number of amides is 1. The van der Waals surface area contributed by atoms with Crippen molar-refractivity contribution < 1.29 is 9.72 Å². The molecule has 0 aliphatic carbocycles. The molecule has 0 saturated carbocycles. The van der Waals surface area contributed by atoms with Gasteiger partial charge in [-0.05, 0) is 42.8 Å². The number of nitrogens with zero attached hydrogens (tertiary/aromatic N) is 2. The summed E-state index contributed by atoms with van der Waals surface area (Å²) in [6.45, 7) is 0.727. The maximum atomic E-state index is 12.3. The van der Waals surface area contributed by atoms with Crippen LogP contribution in [-0.4, -0.2) is 22.5 Å². The Morgan fingerprint density at radius 3 is 2.79 bits per heavy atom. The number of anilines is 1. The van der Waals surface area contributed by atoms with Gasteiger partial charge in [0.05, 0.1) is 4.92 Å². The molecule has 122 valence electrons. The largest absolute Gasteiger partial charge is 0.318 e. The van der Waals surface area contributed by atoms with Gasteiger partial charge in [-0.25, -0.2) is 0 Å². The Labute approximate surface area is 144 Å². The molecule has 1 aliphatic rings. The zero-order chi connectivity index (χ0) is 17.1. The first kappa shape index (κ1) is 16.1. The molecule has 0 atom stereocenters. The fourth-order valence-electron chi connectivity index (χ4n) is 2.74. The summed E-state index contributed by atoms with van der Waals surface area (Å²) < 4.78 is 0. The van der Waals surface area contributed by atoms with Crippen molar-refractivity contribution in [1.82, 2.24) is 5.32 Å². The van der Waals surface area contributed by atoms with Gasteiger partial charge in [0, 0.05) is 29.9 Å². The number of rotatable bonds is 2. The van der Waals surface area contributed by atoms with Crippen molar-refractivity contribution in [3.05, 3.63) is 69.8 Å². The van der Waals surface area contributed by atoms with Crippen LogP contribution in [0.15, 0.2) is 48.5 Å². The predicted octanol–water partition coefficient (Wildman–Crippen LogP) is 3.06. The second kappa shape index (κ2) is 6.76. The number of carbonyl (C=O) groups excluding carboxylic acids is 1. The summed E-state index contributed by atoms with van der Waals surface area (Å²) in [6, 6.07) is 13.5. The van der Waals surface area contributed by atoms with Crippen LogP contribution in [0.5, 0.6) is 0 Å². The molecule has 2 aromatic rings. The van der Waals surface area contributed by atoms with Crippen molar-refractivity contribution in [1.29, 1.82) is 0 Å². The van der Waals surface area contributed by atoms with E-state index in [0.29, 0.717) is 5.11 Å². The van der Waals surface area contributed by atoms with Crippen molar-refractivity contribution in [2.75, 3.05) is 11.4 Å². The fourth-order valence-corrected chi connectivity index (χ4v) is 3.02. The van der Waals surface area contributed by atoms with E-state index in [1.54, 1.807) is 0 Å². The third-order valence-corrected chi connectivity index (χ3v) is 4.22. The van der Waals surface area contributed by atoms with E-state index < -0.39 is 10.8 Å². The van der Waals surface area contributed by atoms with Crippen LogP contribution in [0.25, 0.3) is 0 Å². The van der Waals surface area contributed by atoms with Gasteiger partial charge >= 0.3 is 0 Å². The van der Waals surface area contributed by atoms with Crippen molar-refractivity contribution >= 4 is 34.6 Å². The lowest BCUT2D eigenvalue weighted by molar-refractivity contribution is -0.384. The number of thiocarbonyl (C=S) groups is 1. The van der Waals surface area contributed by atoms with Crippen molar-refractivity contribution in [3.8, 4) is 0 Å². The summed E-state index contributed by atoms with van der Waals surface area (Å²) in [5, 5.41) is 13.8. The Hall–Kier alpha value is -2.80. The topological polar surface area (TPSA) is 75.5 Å². The Balaban J connectivity index is 1.77. The second-order valence-corrected chi connectivity index (χ2v) is 5.84. The number of nitro benzene ring substituents is 1. The van der Waals surface area contributed by atoms with Gasteiger partial charge in [-0.2, -0.15) is 0 Å². The van der Waals surface area contributed by atoms with E-state index in [-0.39, 0.29) is 11.3 Å². The number of benzene rings is 2. The van der Waals surface area contributed by atoms with Crippen LogP contribution in [0.4, 0.5) is 11.4 Å². The monoisotopic (exact) mass is 341 g/mol. The number of fused-ring (bicyclic) bond motifs is 1. The lowest BCUT2D eigenvalue weighted by Gasteiger charge is -2.31. The maximum Gasteiger partial charge on any atom is 0.270 e. The first-order valence-corrected chi connectivity index (χ1v) is 7.92. The van der Waals surface area contributed by atoms with Gasteiger partial charge in [0.2, 0.25) is 0 Å². The predicted molar refractivity (Wildman–Crippen MR) is 95.3 cm³/mol. The van der Waals surface area contributed by atoms with E-state index in [1.165, 1.54) is 29.8 Å². The third kappa shape index (κ3) is 3.26. The van der Waals surface area contributed by atoms with Gasteiger partial charge < -0.3 is 4.90 Å². The molecule has 1 N–H and O–H groups in total. The quantitative estimate of drug-likeness (QED) is 0.516. The average molecular weight is 341 g/mol. The summed E-state index contributed by atoms with van der Waals surface area (Å²) in [4.78, 5) is 24.5. The highest BCUT2D eigenvalue weighted by Crippen LogP contribution is 2.26. The molecule has 6 nitrogen and oxygen atoms in total. The van der Waals surface area contributed by atoms with E-state index in [9.17, 15) is 14.9 Å². The number of non-ortho nitro benzene ring substituents is 1. The van der Waals surface area contributed by atoms with Crippen molar-refractivity contribution in [2.45, 2.75) is 12.8 Å². The molecule has 1 amide bonds. The Kier molecular flexibility index (Phi) is 4.52. The Bertz CT molecular complexity index is 822. The van der Waals surface area contributed by atoms with Gasteiger partial charge in [-0.3, -0.25) is 20.2 Å². The highest BCUT2D eigenvalue weighted by atomic mass is 32.1. The van der Waals surface area contributed by atoms with Gasteiger partial charge in [0.1, 0.15) is 0 Å². The second-order valence-electron chi connectivity index (χ2n) is 5.45. The average Bonchev–Trinajstić information content (AvgIpc) is 2.61. The van der Waals surface area contributed by atoms with E-state index in [2.05, 4.69) is 5.32 Å². The van der Waals surface area contributed by atoms with E-state index in [1.807, 2.05) is 29.2 Å². The van der Waals surface area contributed by atoms with Crippen LogP contribution in [0.3, 0.4) is 0 Å². The van der Waals surface area contributed by atoms with Crippen LogP contribution in [-0.2, 0) is 6.42 Å². The van der Waals surface area contributed by atoms with Crippen LogP contribution in [0, 0.1) is 10.1 Å². The molecule has 24 heavy (non-hydrogen) atoms. The number of hydrogen-bond donors (Lipinski definition) is 1. The van der Waals surface area contributed by atoms with Crippen molar-refractivity contribution in [2.24, 2.45) is 0 Å². The van der Waals surface area contributed by atoms with E-state index >= 15 is 0 Å². The molecule has 1 heterocycles. The summed E-state index contributed by atoms with van der Waals surface area (Å²) in [5.74, 6) is -0.452. The summed E-state index contributed by atoms with van der Waals surface area (Å²) in [5.41, 5.74) is 2.26. The number of hydrogen-bond acceptors (Lipinski definition) is 4. The molecule has 3 rings (SSSR count). The minimum absolute atomic E-state index is 0.128. The minimum Gasteiger partial charge on any atom is -0.318 e. The summed E-state index contributed by atoms with van der Waals surface area (Å²) in [7, 11) is 0. The van der Waals surface area contributed by atoms with Gasteiger partial charge in [-0.1, -0.05) is 24.3 Å².